The minimum absolute atomic E-state index is 0.133. The number of carbonyl (C=O) groups excluding carboxylic acids is 2. The van der Waals surface area contributed by atoms with Gasteiger partial charge in [0, 0.05) is 25.2 Å². The predicted octanol–water partition coefficient (Wildman–Crippen LogP) is 2.99. The van der Waals surface area contributed by atoms with E-state index < -0.39 is 0 Å². The van der Waals surface area contributed by atoms with E-state index in [-0.39, 0.29) is 30.1 Å². The number of hydrogen-bond acceptors (Lipinski definition) is 4. The third-order valence-corrected chi connectivity index (χ3v) is 5.49. The fraction of sp³-hybridized carbons (Fsp3) is 0.474. The number of allylic oxidation sites excluding steroid dienone is 2. The van der Waals surface area contributed by atoms with Gasteiger partial charge in [0.2, 0.25) is 0 Å². The number of rotatable bonds is 3. The molecule has 0 saturated heterocycles. The summed E-state index contributed by atoms with van der Waals surface area (Å²) in [6.07, 6.45) is 5.88. The highest BCUT2D eigenvalue weighted by Gasteiger charge is 2.58. The number of fused-ring (bicyclic) bond motifs is 5. The highest BCUT2D eigenvalue weighted by atomic mass is 16.6. The minimum atomic E-state index is -0.287. The molecule has 0 aliphatic heterocycles. The summed E-state index contributed by atoms with van der Waals surface area (Å²) in [5.41, 5.74) is 0.568. The molecule has 3 aliphatic carbocycles. The Labute approximate surface area is 135 Å². The first-order chi connectivity index (χ1) is 11.1. The van der Waals surface area contributed by atoms with Gasteiger partial charge in [-0.05, 0) is 30.4 Å². The first-order valence-corrected chi connectivity index (χ1v) is 8.25. The van der Waals surface area contributed by atoms with Crippen molar-refractivity contribution in [2.24, 2.45) is 23.7 Å². The van der Waals surface area contributed by atoms with E-state index in [4.69, 9.17) is 9.47 Å². The molecule has 4 rings (SSSR count). The average molecular weight is 312 g/mol. The zero-order valence-electron chi connectivity index (χ0n) is 13.1. The van der Waals surface area contributed by atoms with E-state index in [2.05, 4.69) is 12.2 Å². The van der Waals surface area contributed by atoms with Crippen molar-refractivity contribution in [3.8, 4) is 0 Å². The quantitative estimate of drug-likeness (QED) is 0.636. The van der Waals surface area contributed by atoms with Crippen molar-refractivity contribution in [3.63, 3.8) is 0 Å². The van der Waals surface area contributed by atoms with Gasteiger partial charge < -0.3 is 9.47 Å². The highest BCUT2D eigenvalue weighted by Crippen LogP contribution is 2.57. The molecule has 0 spiro atoms. The molecule has 6 atom stereocenters. The third kappa shape index (κ3) is 2.46. The molecular formula is C19H20O4. The highest BCUT2D eigenvalue weighted by molar-refractivity contribution is 5.89. The Morgan fingerprint density at radius 1 is 0.913 bits per heavy atom. The molecule has 2 bridgehead atoms. The second-order valence-electron chi connectivity index (χ2n) is 6.80. The van der Waals surface area contributed by atoms with E-state index in [1.165, 1.54) is 6.92 Å². The van der Waals surface area contributed by atoms with E-state index in [0.29, 0.717) is 29.7 Å². The Balaban J connectivity index is 1.53. The lowest BCUT2D eigenvalue weighted by Crippen LogP contribution is -2.29. The van der Waals surface area contributed by atoms with Crippen LogP contribution in [0, 0.1) is 23.7 Å². The fourth-order valence-corrected chi connectivity index (χ4v) is 4.74. The van der Waals surface area contributed by atoms with Crippen LogP contribution in [0.15, 0.2) is 42.5 Å². The van der Waals surface area contributed by atoms with Crippen molar-refractivity contribution < 1.29 is 19.1 Å². The van der Waals surface area contributed by atoms with Crippen LogP contribution >= 0.6 is 0 Å². The van der Waals surface area contributed by atoms with Gasteiger partial charge >= 0.3 is 11.9 Å². The standard InChI is InChI=1S/C19H20O4/c1-11(20)22-15-10-16(18-14-8-7-13(9-14)17(15)18)23-19(21)12-5-3-2-4-6-12/h2-8,13-18H,9-10H2,1H3/t13-,14+,15+,16+,17+,18-/m0/s1. The van der Waals surface area contributed by atoms with Crippen LogP contribution in [0.2, 0.25) is 0 Å². The lowest BCUT2D eigenvalue weighted by Gasteiger charge is -2.26. The molecule has 0 radical (unpaired) electrons. The Kier molecular flexibility index (Phi) is 3.47. The van der Waals surface area contributed by atoms with Gasteiger partial charge in [0.15, 0.2) is 0 Å². The first kappa shape index (κ1) is 14.5. The Morgan fingerprint density at radius 2 is 1.52 bits per heavy atom. The monoisotopic (exact) mass is 312 g/mol. The maximum Gasteiger partial charge on any atom is 0.338 e. The second kappa shape index (κ2) is 5.52. The van der Waals surface area contributed by atoms with Crippen molar-refractivity contribution in [1.82, 2.24) is 0 Å². The summed E-state index contributed by atoms with van der Waals surface area (Å²) in [6.45, 7) is 1.45. The van der Waals surface area contributed by atoms with Gasteiger partial charge in [0.25, 0.3) is 0 Å². The zero-order valence-corrected chi connectivity index (χ0v) is 13.1. The van der Waals surface area contributed by atoms with Crippen LogP contribution < -0.4 is 0 Å². The smallest absolute Gasteiger partial charge is 0.338 e. The topological polar surface area (TPSA) is 52.6 Å². The molecule has 4 heteroatoms. The lowest BCUT2D eigenvalue weighted by molar-refractivity contribution is -0.148. The molecule has 0 N–H and O–H groups in total. The van der Waals surface area contributed by atoms with Crippen LogP contribution in [-0.2, 0) is 14.3 Å². The molecule has 4 nitrogen and oxygen atoms in total. The van der Waals surface area contributed by atoms with Gasteiger partial charge in [-0.15, -0.1) is 0 Å². The predicted molar refractivity (Wildman–Crippen MR) is 83.5 cm³/mol. The van der Waals surface area contributed by atoms with Crippen LogP contribution in [0.25, 0.3) is 0 Å². The summed E-state index contributed by atoms with van der Waals surface area (Å²) >= 11 is 0. The Bertz CT molecular complexity index is 651. The maximum absolute atomic E-state index is 12.4. The van der Waals surface area contributed by atoms with Crippen molar-refractivity contribution in [2.45, 2.75) is 32.0 Å². The summed E-state index contributed by atoms with van der Waals surface area (Å²) < 4.78 is 11.3. The number of benzene rings is 1. The van der Waals surface area contributed by atoms with Gasteiger partial charge in [-0.1, -0.05) is 30.4 Å². The van der Waals surface area contributed by atoms with E-state index >= 15 is 0 Å². The number of ether oxygens (including phenoxy) is 2. The molecule has 1 aromatic carbocycles. The van der Waals surface area contributed by atoms with Crippen molar-refractivity contribution >= 4 is 11.9 Å². The molecule has 23 heavy (non-hydrogen) atoms. The van der Waals surface area contributed by atoms with Gasteiger partial charge in [-0.2, -0.15) is 0 Å². The van der Waals surface area contributed by atoms with Gasteiger partial charge in [-0.25, -0.2) is 4.79 Å². The van der Waals surface area contributed by atoms with Crippen LogP contribution in [0.4, 0.5) is 0 Å². The van der Waals surface area contributed by atoms with Crippen molar-refractivity contribution in [2.75, 3.05) is 0 Å². The maximum atomic E-state index is 12.4. The number of carbonyl (C=O) groups is 2. The van der Waals surface area contributed by atoms with E-state index in [1.807, 2.05) is 18.2 Å². The summed E-state index contributed by atoms with van der Waals surface area (Å²) in [5, 5.41) is 0. The molecule has 0 amide bonds. The summed E-state index contributed by atoms with van der Waals surface area (Å²) in [7, 11) is 0. The zero-order chi connectivity index (χ0) is 16.0. The van der Waals surface area contributed by atoms with Gasteiger partial charge in [0.05, 0.1) is 5.56 Å². The van der Waals surface area contributed by atoms with E-state index in [0.717, 1.165) is 6.42 Å². The van der Waals surface area contributed by atoms with Crippen LogP contribution in [0.1, 0.15) is 30.1 Å². The van der Waals surface area contributed by atoms with Crippen molar-refractivity contribution in [3.05, 3.63) is 48.0 Å². The molecular weight excluding hydrogens is 292 g/mol. The van der Waals surface area contributed by atoms with E-state index in [9.17, 15) is 9.59 Å². The molecule has 120 valence electrons. The van der Waals surface area contributed by atoms with Crippen LogP contribution in [-0.4, -0.2) is 24.1 Å². The molecule has 0 aromatic heterocycles. The van der Waals surface area contributed by atoms with Crippen LogP contribution in [0.3, 0.4) is 0 Å². The van der Waals surface area contributed by atoms with Gasteiger partial charge in [0.1, 0.15) is 12.2 Å². The Hall–Kier alpha value is -2.10. The average Bonchev–Trinajstić information content (AvgIpc) is 3.22. The molecule has 2 fully saturated rings. The SMILES string of the molecule is CC(=O)O[C@@H]1C[C@@H](OC(=O)c2ccccc2)[C@H]2[C@@H]1[C@H]1C=C[C@@H]2C1. The minimum Gasteiger partial charge on any atom is -0.462 e. The van der Waals surface area contributed by atoms with Crippen LogP contribution in [0.5, 0.6) is 0 Å². The van der Waals surface area contributed by atoms with E-state index in [1.54, 1.807) is 12.1 Å². The second-order valence-corrected chi connectivity index (χ2v) is 6.80. The molecule has 2 saturated carbocycles. The number of esters is 2. The first-order valence-electron chi connectivity index (χ1n) is 8.25. The normalized spacial score (nSPS) is 36.7. The molecule has 1 aromatic rings. The lowest BCUT2D eigenvalue weighted by atomic mass is 9.84. The summed E-state index contributed by atoms with van der Waals surface area (Å²) in [5.74, 6) is 0.929. The van der Waals surface area contributed by atoms with Crippen molar-refractivity contribution in [1.29, 1.82) is 0 Å². The third-order valence-electron chi connectivity index (χ3n) is 5.49. The summed E-state index contributed by atoms with van der Waals surface area (Å²) in [6, 6.07) is 9.06. The summed E-state index contributed by atoms with van der Waals surface area (Å²) in [4.78, 5) is 23.8. The van der Waals surface area contributed by atoms with Gasteiger partial charge in [-0.3, -0.25) is 4.79 Å². The number of hydrogen-bond donors (Lipinski definition) is 0. The largest absolute Gasteiger partial charge is 0.462 e. The fourth-order valence-electron chi connectivity index (χ4n) is 4.74. The molecule has 3 aliphatic rings. The molecule has 0 unspecified atom stereocenters. The molecule has 0 heterocycles. The Morgan fingerprint density at radius 3 is 2.13 bits per heavy atom.